The van der Waals surface area contributed by atoms with Crippen molar-refractivity contribution in [1.82, 2.24) is 15.1 Å². The Bertz CT molecular complexity index is 386. The third kappa shape index (κ3) is 3.02. The molecule has 2 rings (SSSR count). The molecule has 0 bridgehead atoms. The number of H-pyrrole nitrogens is 1. The fourth-order valence-corrected chi connectivity index (χ4v) is 2.39. The topological polar surface area (TPSA) is 57.9 Å². The average molecular weight is 262 g/mol. The summed E-state index contributed by atoms with van der Waals surface area (Å²) in [7, 11) is 0. The van der Waals surface area contributed by atoms with Crippen molar-refractivity contribution >= 4 is 0 Å². The molecule has 0 spiro atoms. The molecule has 1 aromatic rings. The number of aromatic amines is 1. The molecule has 1 aliphatic heterocycles. The van der Waals surface area contributed by atoms with E-state index in [9.17, 15) is 13.2 Å². The van der Waals surface area contributed by atoms with Crippen molar-refractivity contribution in [2.45, 2.75) is 24.9 Å². The molecule has 4 nitrogen and oxygen atoms in total. The van der Waals surface area contributed by atoms with Crippen molar-refractivity contribution in [2.24, 2.45) is 5.73 Å². The van der Waals surface area contributed by atoms with Crippen LogP contribution in [0.3, 0.4) is 0 Å². The van der Waals surface area contributed by atoms with Crippen molar-refractivity contribution in [1.29, 1.82) is 0 Å². The highest BCUT2D eigenvalue weighted by molar-refractivity contribution is 5.16. The monoisotopic (exact) mass is 262 g/mol. The highest BCUT2D eigenvalue weighted by Gasteiger charge is 2.35. The van der Waals surface area contributed by atoms with Crippen LogP contribution in [0.4, 0.5) is 13.2 Å². The molecule has 0 saturated carbocycles. The summed E-state index contributed by atoms with van der Waals surface area (Å²) in [6.07, 6.45) is -2.51. The third-order valence-electron chi connectivity index (χ3n) is 3.28. The van der Waals surface area contributed by atoms with Gasteiger partial charge in [-0.15, -0.1) is 0 Å². The molecule has 0 aliphatic carbocycles. The van der Waals surface area contributed by atoms with E-state index in [1.165, 1.54) is 0 Å². The molecule has 0 unspecified atom stereocenters. The number of likely N-dealkylation sites (tertiary alicyclic amines) is 1. The van der Waals surface area contributed by atoms with Gasteiger partial charge in [-0.2, -0.15) is 18.3 Å². The molecule has 1 saturated heterocycles. The lowest BCUT2D eigenvalue weighted by atomic mass is 9.94. The summed E-state index contributed by atoms with van der Waals surface area (Å²) in [6, 6.07) is 1.12. The summed E-state index contributed by atoms with van der Waals surface area (Å²) in [5, 5.41) is 5.86. The minimum Gasteiger partial charge on any atom is -0.329 e. The number of rotatable bonds is 3. The number of hydrogen-bond acceptors (Lipinski definition) is 3. The van der Waals surface area contributed by atoms with E-state index in [0.29, 0.717) is 12.2 Å². The Morgan fingerprint density at radius 3 is 2.89 bits per heavy atom. The lowest BCUT2D eigenvalue weighted by molar-refractivity contribution is -0.141. The molecular weight excluding hydrogens is 245 g/mol. The molecule has 7 heteroatoms. The van der Waals surface area contributed by atoms with Gasteiger partial charge in [0, 0.05) is 31.2 Å². The average Bonchev–Trinajstić information content (AvgIpc) is 2.78. The highest BCUT2D eigenvalue weighted by atomic mass is 19.4. The molecule has 0 radical (unpaired) electrons. The summed E-state index contributed by atoms with van der Waals surface area (Å²) < 4.78 is 37.4. The summed E-state index contributed by atoms with van der Waals surface area (Å²) in [5.41, 5.74) is 5.23. The Morgan fingerprint density at radius 1 is 1.50 bits per heavy atom. The van der Waals surface area contributed by atoms with Gasteiger partial charge in [0.25, 0.3) is 0 Å². The Morgan fingerprint density at radius 2 is 2.28 bits per heavy atom. The predicted octanol–water partition coefficient (Wildman–Crippen LogP) is 1.57. The van der Waals surface area contributed by atoms with Crippen molar-refractivity contribution in [2.75, 3.05) is 26.2 Å². The van der Waals surface area contributed by atoms with Gasteiger partial charge in [-0.1, -0.05) is 0 Å². The number of hydrogen-bond donors (Lipinski definition) is 2. The van der Waals surface area contributed by atoms with E-state index in [-0.39, 0.29) is 5.92 Å². The van der Waals surface area contributed by atoms with Crippen LogP contribution >= 0.6 is 0 Å². The van der Waals surface area contributed by atoms with Crippen LogP contribution < -0.4 is 5.73 Å². The number of halogens is 3. The van der Waals surface area contributed by atoms with Crippen LogP contribution in [0.1, 0.15) is 30.1 Å². The van der Waals surface area contributed by atoms with E-state index in [1.807, 2.05) is 0 Å². The number of nitrogens with one attached hydrogen (secondary N) is 1. The lowest BCUT2D eigenvalue weighted by Crippen LogP contribution is -2.37. The molecule has 18 heavy (non-hydrogen) atoms. The predicted molar refractivity (Wildman–Crippen MR) is 61.1 cm³/mol. The van der Waals surface area contributed by atoms with Crippen molar-refractivity contribution < 1.29 is 13.2 Å². The minimum absolute atomic E-state index is 0.0916. The van der Waals surface area contributed by atoms with Gasteiger partial charge in [-0.3, -0.25) is 5.10 Å². The number of nitrogens with zero attached hydrogens (tertiary/aromatic N) is 2. The fraction of sp³-hybridized carbons (Fsp3) is 0.727. The molecule has 0 aromatic carbocycles. The van der Waals surface area contributed by atoms with Crippen molar-refractivity contribution in [3.8, 4) is 0 Å². The number of piperidine rings is 1. The first kappa shape index (κ1) is 13.4. The van der Waals surface area contributed by atoms with E-state index in [1.54, 1.807) is 0 Å². The Labute approximate surface area is 103 Å². The quantitative estimate of drug-likeness (QED) is 0.869. The Hall–Kier alpha value is -1.08. The molecule has 1 fully saturated rings. The molecule has 0 amide bonds. The minimum atomic E-state index is -4.37. The molecule has 102 valence electrons. The zero-order valence-corrected chi connectivity index (χ0v) is 10.0. The summed E-state index contributed by atoms with van der Waals surface area (Å²) >= 11 is 0. The molecule has 1 aromatic heterocycles. The highest BCUT2D eigenvalue weighted by Crippen LogP contribution is 2.31. The second kappa shape index (κ2) is 5.27. The van der Waals surface area contributed by atoms with Crippen molar-refractivity contribution in [3.05, 3.63) is 17.5 Å². The second-order valence-corrected chi connectivity index (χ2v) is 4.63. The smallest absolute Gasteiger partial charge is 0.329 e. The first-order valence-electron chi connectivity index (χ1n) is 6.05. The summed E-state index contributed by atoms with van der Waals surface area (Å²) in [6.45, 7) is 3.07. The molecular formula is C11H17F3N4. The van der Waals surface area contributed by atoms with Gasteiger partial charge < -0.3 is 10.6 Å². The number of nitrogens with two attached hydrogens (primary N) is 1. The number of alkyl halides is 3. The largest absolute Gasteiger partial charge is 0.435 e. The first-order chi connectivity index (χ1) is 8.50. The van der Waals surface area contributed by atoms with E-state index in [0.717, 1.165) is 38.5 Å². The normalized spacial score (nSPS) is 22.3. The van der Waals surface area contributed by atoms with Gasteiger partial charge in [-0.05, 0) is 25.5 Å². The fourth-order valence-electron chi connectivity index (χ4n) is 2.39. The van der Waals surface area contributed by atoms with Gasteiger partial charge in [0.2, 0.25) is 0 Å². The number of aromatic nitrogens is 2. The SMILES string of the molecule is NCCN1CCC[C@@H](c2cc(C(F)(F)F)n[nH]2)C1. The van der Waals surface area contributed by atoms with Crippen LogP contribution in [0.5, 0.6) is 0 Å². The van der Waals surface area contributed by atoms with Crippen LogP contribution in [-0.4, -0.2) is 41.3 Å². The second-order valence-electron chi connectivity index (χ2n) is 4.63. The first-order valence-corrected chi connectivity index (χ1v) is 6.05. The van der Waals surface area contributed by atoms with E-state index >= 15 is 0 Å². The molecule has 1 aliphatic rings. The lowest BCUT2D eigenvalue weighted by Gasteiger charge is -2.31. The van der Waals surface area contributed by atoms with Gasteiger partial charge in [0.05, 0.1) is 0 Å². The maximum atomic E-state index is 12.5. The maximum Gasteiger partial charge on any atom is 0.435 e. The molecule has 1 atom stereocenters. The van der Waals surface area contributed by atoms with Gasteiger partial charge in [-0.25, -0.2) is 0 Å². The Kier molecular flexibility index (Phi) is 3.91. The zero-order valence-electron chi connectivity index (χ0n) is 10.0. The van der Waals surface area contributed by atoms with E-state index in [2.05, 4.69) is 15.1 Å². The van der Waals surface area contributed by atoms with Gasteiger partial charge >= 0.3 is 6.18 Å². The van der Waals surface area contributed by atoms with E-state index in [4.69, 9.17) is 5.73 Å². The molecule has 3 N–H and O–H groups in total. The standard InChI is InChI=1S/C11H17F3N4/c12-11(13,14)10-6-9(16-17-10)8-2-1-4-18(7-8)5-3-15/h6,8H,1-5,7,15H2,(H,16,17)/t8-/m1/s1. The van der Waals surface area contributed by atoms with E-state index < -0.39 is 11.9 Å². The van der Waals surface area contributed by atoms with Crippen LogP contribution in [0.25, 0.3) is 0 Å². The van der Waals surface area contributed by atoms with Crippen LogP contribution in [0.15, 0.2) is 6.07 Å². The van der Waals surface area contributed by atoms with Crippen LogP contribution in [-0.2, 0) is 6.18 Å². The van der Waals surface area contributed by atoms with Crippen LogP contribution in [0, 0.1) is 0 Å². The van der Waals surface area contributed by atoms with Gasteiger partial charge in [0.1, 0.15) is 0 Å². The van der Waals surface area contributed by atoms with Crippen molar-refractivity contribution in [3.63, 3.8) is 0 Å². The zero-order chi connectivity index (χ0) is 13.2. The Balaban J connectivity index is 2.05. The summed E-state index contributed by atoms with van der Waals surface area (Å²) in [5.74, 6) is 0.0916. The van der Waals surface area contributed by atoms with Crippen LogP contribution in [0.2, 0.25) is 0 Å². The summed E-state index contributed by atoms with van der Waals surface area (Å²) in [4.78, 5) is 2.18. The van der Waals surface area contributed by atoms with Gasteiger partial charge in [0.15, 0.2) is 5.69 Å². The third-order valence-corrected chi connectivity index (χ3v) is 3.28. The molecule has 2 heterocycles. The maximum absolute atomic E-state index is 12.5.